The van der Waals surface area contributed by atoms with Gasteiger partial charge in [-0.2, -0.15) is 0 Å². The fourth-order valence-corrected chi connectivity index (χ4v) is 1.65. The highest BCUT2D eigenvalue weighted by molar-refractivity contribution is 6.02. The first-order chi connectivity index (χ1) is 10.1. The van der Waals surface area contributed by atoms with Crippen LogP contribution in [-0.4, -0.2) is 45.7 Å². The summed E-state index contributed by atoms with van der Waals surface area (Å²) in [5, 5.41) is 0. The maximum atomic E-state index is 12.1. The van der Waals surface area contributed by atoms with Gasteiger partial charge >= 0.3 is 11.9 Å². The van der Waals surface area contributed by atoms with E-state index in [1.54, 1.807) is 6.92 Å². The second kappa shape index (κ2) is 7.88. The number of esters is 2. The van der Waals surface area contributed by atoms with Crippen LogP contribution in [0, 0.1) is 0 Å². The summed E-state index contributed by atoms with van der Waals surface area (Å²) in [7, 11) is 2.72. The van der Waals surface area contributed by atoms with E-state index in [0.29, 0.717) is 6.29 Å². The van der Waals surface area contributed by atoms with Crippen LogP contribution in [0.15, 0.2) is 12.1 Å². The molecule has 1 rings (SSSR count). The lowest BCUT2D eigenvalue weighted by Crippen LogP contribution is -2.18. The highest BCUT2D eigenvalue weighted by Crippen LogP contribution is 2.33. The van der Waals surface area contributed by atoms with Gasteiger partial charge in [-0.1, -0.05) is 0 Å². The minimum atomic E-state index is -0.874. The zero-order valence-electron chi connectivity index (χ0n) is 12.0. The Morgan fingerprint density at radius 2 is 1.86 bits per heavy atom. The molecular weight excluding hydrogens is 280 g/mol. The first kappa shape index (κ1) is 16.5. The van der Waals surface area contributed by atoms with Gasteiger partial charge in [0.1, 0.15) is 5.56 Å². The normalized spacial score (nSPS) is 9.67. The van der Waals surface area contributed by atoms with E-state index in [9.17, 15) is 14.4 Å². The number of hydrogen-bond donors (Lipinski definition) is 0. The first-order valence-electron chi connectivity index (χ1n) is 6.11. The number of carbonyl (C=O) groups is 3. The SMILES string of the molecule is CCOC(=O)COC(=O)c1c(C=O)ccc(OC)c1OC. The Morgan fingerprint density at radius 3 is 2.38 bits per heavy atom. The van der Waals surface area contributed by atoms with Crippen LogP contribution in [0.4, 0.5) is 0 Å². The maximum absolute atomic E-state index is 12.1. The van der Waals surface area contributed by atoms with Gasteiger partial charge in [-0.25, -0.2) is 9.59 Å². The van der Waals surface area contributed by atoms with Crippen molar-refractivity contribution in [3.8, 4) is 11.5 Å². The van der Waals surface area contributed by atoms with Crippen LogP contribution >= 0.6 is 0 Å². The number of rotatable bonds is 7. The second-order valence-electron chi connectivity index (χ2n) is 3.76. The maximum Gasteiger partial charge on any atom is 0.344 e. The summed E-state index contributed by atoms with van der Waals surface area (Å²) < 4.78 is 19.6. The lowest BCUT2D eigenvalue weighted by molar-refractivity contribution is -0.146. The number of benzene rings is 1. The molecule has 0 saturated heterocycles. The van der Waals surface area contributed by atoms with Crippen LogP contribution in [0.2, 0.25) is 0 Å². The third kappa shape index (κ3) is 3.95. The standard InChI is InChI=1S/C14H16O7/c1-4-20-11(16)8-21-14(17)12-9(7-15)5-6-10(18-2)13(12)19-3/h5-7H,4,8H2,1-3H3. The lowest BCUT2D eigenvalue weighted by Gasteiger charge is -2.13. The average molecular weight is 296 g/mol. The van der Waals surface area contributed by atoms with Crippen LogP contribution in [0.3, 0.4) is 0 Å². The summed E-state index contributed by atoms with van der Waals surface area (Å²) in [6.07, 6.45) is 0.489. The van der Waals surface area contributed by atoms with E-state index in [0.717, 1.165) is 0 Å². The summed E-state index contributed by atoms with van der Waals surface area (Å²) in [6.45, 7) is 1.26. The third-order valence-corrected chi connectivity index (χ3v) is 2.54. The fraction of sp³-hybridized carbons (Fsp3) is 0.357. The van der Waals surface area contributed by atoms with Crippen molar-refractivity contribution in [1.29, 1.82) is 0 Å². The highest BCUT2D eigenvalue weighted by atomic mass is 16.6. The van der Waals surface area contributed by atoms with E-state index in [-0.39, 0.29) is 29.2 Å². The molecule has 0 bridgehead atoms. The molecule has 1 aromatic rings. The lowest BCUT2D eigenvalue weighted by atomic mass is 10.1. The number of ether oxygens (including phenoxy) is 4. The van der Waals surface area contributed by atoms with Crippen molar-refractivity contribution in [2.24, 2.45) is 0 Å². The third-order valence-electron chi connectivity index (χ3n) is 2.54. The molecule has 0 saturated carbocycles. The van der Waals surface area contributed by atoms with Gasteiger partial charge < -0.3 is 18.9 Å². The number of aldehydes is 1. The van der Waals surface area contributed by atoms with E-state index >= 15 is 0 Å². The van der Waals surface area contributed by atoms with E-state index in [4.69, 9.17) is 14.2 Å². The molecule has 1 aromatic carbocycles. The average Bonchev–Trinajstić information content (AvgIpc) is 2.51. The van der Waals surface area contributed by atoms with Gasteiger partial charge in [0.2, 0.25) is 0 Å². The minimum Gasteiger partial charge on any atom is -0.493 e. The van der Waals surface area contributed by atoms with Crippen LogP contribution in [-0.2, 0) is 14.3 Å². The van der Waals surface area contributed by atoms with Gasteiger partial charge in [0.05, 0.1) is 20.8 Å². The number of methoxy groups -OCH3 is 2. The summed E-state index contributed by atoms with van der Waals surface area (Å²) in [6, 6.07) is 2.89. The van der Waals surface area contributed by atoms with Gasteiger partial charge in [-0.15, -0.1) is 0 Å². The summed E-state index contributed by atoms with van der Waals surface area (Å²) in [5.41, 5.74) is -0.0299. The molecule has 0 aliphatic rings. The van der Waals surface area contributed by atoms with E-state index in [1.165, 1.54) is 26.4 Å². The summed E-state index contributed by atoms with van der Waals surface area (Å²) >= 11 is 0. The van der Waals surface area contributed by atoms with Gasteiger partial charge in [0, 0.05) is 5.56 Å². The molecule has 0 radical (unpaired) electrons. The molecular formula is C14H16O7. The van der Waals surface area contributed by atoms with Crippen molar-refractivity contribution in [2.75, 3.05) is 27.4 Å². The molecule has 0 aromatic heterocycles. The Bertz CT molecular complexity index is 536. The van der Waals surface area contributed by atoms with Crippen LogP contribution in [0.25, 0.3) is 0 Å². The van der Waals surface area contributed by atoms with Gasteiger partial charge in [-0.3, -0.25) is 4.79 Å². The Balaban J connectivity index is 3.06. The predicted molar refractivity (Wildman–Crippen MR) is 71.8 cm³/mol. The van der Waals surface area contributed by atoms with Gasteiger partial charge in [0.15, 0.2) is 24.4 Å². The molecule has 0 aliphatic carbocycles. The molecule has 0 fully saturated rings. The fourth-order valence-electron chi connectivity index (χ4n) is 1.65. The number of hydrogen-bond acceptors (Lipinski definition) is 7. The number of carbonyl (C=O) groups excluding carboxylic acids is 3. The zero-order valence-corrected chi connectivity index (χ0v) is 12.0. The monoisotopic (exact) mass is 296 g/mol. The van der Waals surface area contributed by atoms with Crippen molar-refractivity contribution in [2.45, 2.75) is 6.92 Å². The Kier molecular flexibility index (Phi) is 6.19. The zero-order chi connectivity index (χ0) is 15.8. The molecule has 0 aliphatic heterocycles. The molecule has 0 N–H and O–H groups in total. The highest BCUT2D eigenvalue weighted by Gasteiger charge is 2.23. The molecule has 114 valence electrons. The minimum absolute atomic E-state index is 0.0657. The Morgan fingerprint density at radius 1 is 1.14 bits per heavy atom. The smallest absolute Gasteiger partial charge is 0.344 e. The van der Waals surface area contributed by atoms with Crippen molar-refractivity contribution in [3.05, 3.63) is 23.3 Å². The first-order valence-corrected chi connectivity index (χ1v) is 6.11. The van der Waals surface area contributed by atoms with E-state index < -0.39 is 18.5 Å². The molecule has 0 heterocycles. The molecule has 7 heteroatoms. The van der Waals surface area contributed by atoms with E-state index in [1.807, 2.05) is 0 Å². The van der Waals surface area contributed by atoms with Crippen LogP contribution in [0.5, 0.6) is 11.5 Å². The van der Waals surface area contributed by atoms with Gasteiger partial charge in [-0.05, 0) is 19.1 Å². The Hall–Kier alpha value is -2.57. The van der Waals surface area contributed by atoms with Crippen molar-refractivity contribution in [1.82, 2.24) is 0 Å². The molecule has 0 atom stereocenters. The van der Waals surface area contributed by atoms with Crippen molar-refractivity contribution >= 4 is 18.2 Å². The summed E-state index contributed by atoms with van der Waals surface area (Å²) in [5.74, 6) is -1.22. The predicted octanol–water partition coefficient (Wildman–Crippen LogP) is 1.24. The molecule has 21 heavy (non-hydrogen) atoms. The van der Waals surface area contributed by atoms with Crippen LogP contribution < -0.4 is 9.47 Å². The van der Waals surface area contributed by atoms with Crippen molar-refractivity contribution < 1.29 is 33.3 Å². The van der Waals surface area contributed by atoms with Crippen molar-refractivity contribution in [3.63, 3.8) is 0 Å². The molecule has 0 spiro atoms. The van der Waals surface area contributed by atoms with Gasteiger partial charge in [0.25, 0.3) is 0 Å². The van der Waals surface area contributed by atoms with Crippen LogP contribution in [0.1, 0.15) is 27.6 Å². The topological polar surface area (TPSA) is 88.1 Å². The quantitative estimate of drug-likeness (QED) is 0.552. The Labute approximate surface area is 121 Å². The summed E-state index contributed by atoms with van der Waals surface area (Å²) in [4.78, 5) is 34.3. The van der Waals surface area contributed by atoms with E-state index in [2.05, 4.69) is 4.74 Å². The second-order valence-corrected chi connectivity index (χ2v) is 3.76. The molecule has 0 unspecified atom stereocenters. The largest absolute Gasteiger partial charge is 0.493 e. The molecule has 7 nitrogen and oxygen atoms in total. The molecule has 0 amide bonds.